The van der Waals surface area contributed by atoms with E-state index in [9.17, 15) is 4.79 Å². The van der Waals surface area contributed by atoms with Crippen molar-refractivity contribution in [2.45, 2.75) is 26.3 Å². The Morgan fingerprint density at radius 2 is 2.00 bits per heavy atom. The maximum atomic E-state index is 13.6. The molecule has 1 fully saturated rings. The molecule has 9 nitrogen and oxygen atoms in total. The molecule has 0 unspecified atom stereocenters. The van der Waals surface area contributed by atoms with E-state index in [4.69, 9.17) is 4.98 Å². The molecule has 6 heterocycles. The first-order valence-electron chi connectivity index (χ1n) is 11.7. The highest BCUT2D eigenvalue weighted by Crippen LogP contribution is 2.40. The van der Waals surface area contributed by atoms with Crippen LogP contribution in [0.4, 0.5) is 22.0 Å². The molecule has 1 N–H and O–H groups in total. The molecule has 1 atom stereocenters. The third-order valence-corrected chi connectivity index (χ3v) is 6.68. The number of carbonyl (C=O) groups is 1. The van der Waals surface area contributed by atoms with E-state index in [0.717, 1.165) is 59.0 Å². The molecule has 0 radical (unpaired) electrons. The summed E-state index contributed by atoms with van der Waals surface area (Å²) in [6.07, 6.45) is 8.10. The fraction of sp³-hybridized carbons (Fsp3) is 0.269. The van der Waals surface area contributed by atoms with Crippen molar-refractivity contribution in [2.24, 2.45) is 7.05 Å². The van der Waals surface area contributed by atoms with E-state index in [2.05, 4.69) is 31.3 Å². The molecule has 0 saturated carbocycles. The third-order valence-electron chi connectivity index (χ3n) is 6.68. The lowest BCUT2D eigenvalue weighted by Gasteiger charge is -2.36. The summed E-state index contributed by atoms with van der Waals surface area (Å²) in [5.41, 5.74) is 7.17. The van der Waals surface area contributed by atoms with Crippen molar-refractivity contribution in [3.8, 4) is 22.4 Å². The number of fused-ring (bicyclic) bond motifs is 4. The van der Waals surface area contributed by atoms with E-state index in [1.54, 1.807) is 23.3 Å². The summed E-state index contributed by atoms with van der Waals surface area (Å²) in [6.45, 7) is 5.64. The number of carbonyl (C=O) groups excluding carboxylic acids is 1. The van der Waals surface area contributed by atoms with Crippen molar-refractivity contribution in [3.63, 3.8) is 0 Å². The van der Waals surface area contributed by atoms with Gasteiger partial charge in [0.2, 0.25) is 0 Å². The second kappa shape index (κ2) is 8.19. The van der Waals surface area contributed by atoms with Crippen LogP contribution in [0.15, 0.2) is 55.1 Å². The lowest BCUT2D eigenvalue weighted by molar-refractivity contribution is 0.255. The molecule has 2 aliphatic rings. The molecule has 0 spiro atoms. The number of pyridine rings is 3. The van der Waals surface area contributed by atoms with Gasteiger partial charge < -0.3 is 10.2 Å². The van der Waals surface area contributed by atoms with E-state index < -0.39 is 0 Å². The number of aryl methyl sites for hydroxylation is 3. The second-order valence-electron chi connectivity index (χ2n) is 9.18. The van der Waals surface area contributed by atoms with Gasteiger partial charge in [-0.25, -0.2) is 9.78 Å². The van der Waals surface area contributed by atoms with Crippen LogP contribution in [0.2, 0.25) is 0 Å². The minimum Gasteiger partial charge on any atom is -0.366 e. The summed E-state index contributed by atoms with van der Waals surface area (Å²) in [5, 5.41) is 7.49. The minimum atomic E-state index is -0.199. The molecule has 9 heteroatoms. The van der Waals surface area contributed by atoms with Gasteiger partial charge in [0.1, 0.15) is 0 Å². The molecule has 1 saturated heterocycles. The molecule has 176 valence electrons. The van der Waals surface area contributed by atoms with Crippen molar-refractivity contribution in [1.29, 1.82) is 0 Å². The first kappa shape index (κ1) is 21.3. The second-order valence-corrected chi connectivity index (χ2v) is 9.18. The largest absolute Gasteiger partial charge is 0.366 e. The number of nitrogens with zero attached hydrogens (tertiary/aromatic N) is 7. The number of amides is 2. The molecule has 6 rings (SSSR count). The minimum absolute atomic E-state index is 0.0705. The number of urea groups is 1. The first-order chi connectivity index (χ1) is 17.0. The van der Waals surface area contributed by atoms with Gasteiger partial charge >= 0.3 is 6.03 Å². The van der Waals surface area contributed by atoms with Gasteiger partial charge in [-0.1, -0.05) is 0 Å². The number of nitrogens with one attached hydrogen (secondary N) is 1. The maximum absolute atomic E-state index is 13.6. The summed E-state index contributed by atoms with van der Waals surface area (Å²) in [4.78, 5) is 31.4. The number of aromatic nitrogens is 5. The van der Waals surface area contributed by atoms with Crippen molar-refractivity contribution in [3.05, 3.63) is 66.5 Å². The Balaban J connectivity index is 1.34. The lowest BCUT2D eigenvalue weighted by Crippen LogP contribution is -2.48. The Hall–Kier alpha value is -4.27. The number of anilines is 3. The first-order valence-corrected chi connectivity index (χ1v) is 11.7. The van der Waals surface area contributed by atoms with Crippen molar-refractivity contribution >= 4 is 23.2 Å². The van der Waals surface area contributed by atoms with E-state index in [-0.39, 0.29) is 12.1 Å². The number of hydrogen-bond acceptors (Lipinski definition) is 6. The molecule has 0 aliphatic carbocycles. The molecule has 2 bridgehead atoms. The standard InChI is InChI=1S/C26H26N8O/c1-16-10-18(6-8-28-16)23-4-5-24-25(30-23)34(21-7-9-33(24)14-21)26(35)29-20-11-19(12-27-13-20)22-15-32(3)31-17(22)2/h4-6,8,10-13,15,21H,7,9,14H2,1-3H3,(H,29,35)/t21-/m0/s1. The van der Waals surface area contributed by atoms with Gasteiger partial charge in [-0.15, -0.1) is 0 Å². The van der Waals surface area contributed by atoms with E-state index >= 15 is 0 Å². The lowest BCUT2D eigenvalue weighted by atomic mass is 10.1. The van der Waals surface area contributed by atoms with Crippen molar-refractivity contribution < 1.29 is 4.79 Å². The smallest absolute Gasteiger partial charge is 0.327 e. The van der Waals surface area contributed by atoms with Gasteiger partial charge in [0.05, 0.1) is 35.0 Å². The van der Waals surface area contributed by atoms with Crippen molar-refractivity contribution in [1.82, 2.24) is 24.7 Å². The van der Waals surface area contributed by atoms with Gasteiger partial charge in [0.15, 0.2) is 5.82 Å². The average Bonchev–Trinajstić information content (AvgIpc) is 3.42. The van der Waals surface area contributed by atoms with Crippen LogP contribution < -0.4 is 15.1 Å². The predicted octanol–water partition coefficient (Wildman–Crippen LogP) is 4.19. The summed E-state index contributed by atoms with van der Waals surface area (Å²) >= 11 is 0. The van der Waals surface area contributed by atoms with Gasteiger partial charge in [-0.3, -0.25) is 19.5 Å². The molecule has 35 heavy (non-hydrogen) atoms. The Morgan fingerprint density at radius 1 is 1.11 bits per heavy atom. The zero-order valence-electron chi connectivity index (χ0n) is 19.9. The summed E-state index contributed by atoms with van der Waals surface area (Å²) < 4.78 is 1.78. The zero-order valence-corrected chi connectivity index (χ0v) is 19.9. The molecular formula is C26H26N8O. The quantitative estimate of drug-likeness (QED) is 0.487. The van der Waals surface area contributed by atoms with E-state index in [1.165, 1.54) is 0 Å². The van der Waals surface area contributed by atoms with Crippen LogP contribution >= 0.6 is 0 Å². The molecule has 0 aromatic carbocycles. The molecular weight excluding hydrogens is 440 g/mol. The zero-order chi connectivity index (χ0) is 24.1. The predicted molar refractivity (Wildman–Crippen MR) is 135 cm³/mol. The highest BCUT2D eigenvalue weighted by atomic mass is 16.2. The third kappa shape index (κ3) is 3.78. The van der Waals surface area contributed by atoms with Crippen LogP contribution in [0.25, 0.3) is 22.4 Å². The summed E-state index contributed by atoms with van der Waals surface area (Å²) in [5.74, 6) is 0.690. The normalized spacial score (nSPS) is 16.4. The Bertz CT molecular complexity index is 1450. The van der Waals surface area contributed by atoms with Gasteiger partial charge in [0.25, 0.3) is 0 Å². The number of hydrogen-bond donors (Lipinski definition) is 1. The number of rotatable bonds is 3. The van der Waals surface area contributed by atoms with Crippen LogP contribution in [-0.2, 0) is 7.05 Å². The van der Waals surface area contributed by atoms with Gasteiger partial charge in [0, 0.05) is 61.1 Å². The highest BCUT2D eigenvalue weighted by Gasteiger charge is 2.40. The van der Waals surface area contributed by atoms with Crippen LogP contribution in [0.5, 0.6) is 0 Å². The average molecular weight is 467 g/mol. The topological polar surface area (TPSA) is 92.1 Å². The molecule has 4 aromatic rings. The molecule has 2 aliphatic heterocycles. The van der Waals surface area contributed by atoms with E-state index in [0.29, 0.717) is 11.5 Å². The fourth-order valence-corrected chi connectivity index (χ4v) is 5.06. The fourth-order valence-electron chi connectivity index (χ4n) is 5.06. The van der Waals surface area contributed by atoms with Crippen LogP contribution in [0.1, 0.15) is 17.8 Å². The summed E-state index contributed by atoms with van der Waals surface area (Å²) in [6, 6.07) is 9.85. The van der Waals surface area contributed by atoms with Crippen LogP contribution in [-0.4, -0.2) is 49.9 Å². The monoisotopic (exact) mass is 466 g/mol. The molecule has 4 aromatic heterocycles. The van der Waals surface area contributed by atoms with Gasteiger partial charge in [-0.2, -0.15) is 5.10 Å². The van der Waals surface area contributed by atoms with Gasteiger partial charge in [-0.05, 0) is 50.6 Å². The highest BCUT2D eigenvalue weighted by molar-refractivity contribution is 6.05. The Kier molecular flexibility index (Phi) is 4.98. The van der Waals surface area contributed by atoms with Crippen molar-refractivity contribution in [2.75, 3.05) is 28.2 Å². The maximum Gasteiger partial charge on any atom is 0.327 e. The molecule has 2 amide bonds. The van der Waals surface area contributed by atoms with Crippen LogP contribution in [0, 0.1) is 13.8 Å². The Morgan fingerprint density at radius 3 is 2.80 bits per heavy atom. The Labute approximate surface area is 203 Å². The van der Waals surface area contributed by atoms with Crippen LogP contribution in [0.3, 0.4) is 0 Å². The van der Waals surface area contributed by atoms with E-state index in [1.807, 2.05) is 56.3 Å². The SMILES string of the molecule is Cc1cc(-c2ccc3c(n2)N(C(=O)Nc2cncc(-c4cn(C)nc4C)c2)[C@H]2CCN3C2)ccn1. The summed E-state index contributed by atoms with van der Waals surface area (Å²) in [7, 11) is 1.89.